The van der Waals surface area contributed by atoms with E-state index in [1.165, 1.54) is 6.07 Å². The minimum Gasteiger partial charge on any atom is -0.478 e. The average Bonchev–Trinajstić information content (AvgIpc) is 2.78. The summed E-state index contributed by atoms with van der Waals surface area (Å²) in [5.41, 5.74) is 1.30. The highest BCUT2D eigenvalue weighted by atomic mass is 32.2. The molecule has 2 aromatic rings. The molecule has 1 aliphatic heterocycles. The molecule has 0 bridgehead atoms. The van der Waals surface area contributed by atoms with Crippen LogP contribution in [0.5, 0.6) is 0 Å². The van der Waals surface area contributed by atoms with Crippen LogP contribution in [-0.2, 0) is 16.3 Å². The predicted octanol–water partition coefficient (Wildman–Crippen LogP) is 1.40. The largest absolute Gasteiger partial charge is 0.478 e. The van der Waals surface area contributed by atoms with E-state index in [9.17, 15) is 13.2 Å². The summed E-state index contributed by atoms with van der Waals surface area (Å²) in [7, 11) is -2.93. The van der Waals surface area contributed by atoms with Crippen molar-refractivity contribution in [2.24, 2.45) is 5.92 Å². The number of rotatable bonds is 3. The quantitative estimate of drug-likeness (QED) is 0.926. The van der Waals surface area contributed by atoms with Gasteiger partial charge >= 0.3 is 5.97 Å². The normalized spacial score (nSPS) is 21.4. The number of imidazole rings is 1. The van der Waals surface area contributed by atoms with Gasteiger partial charge in [0.25, 0.3) is 0 Å². The summed E-state index contributed by atoms with van der Waals surface area (Å²) < 4.78 is 25.0. The van der Waals surface area contributed by atoms with Crippen LogP contribution in [0.25, 0.3) is 5.65 Å². The monoisotopic (exact) mass is 308 g/mol. The summed E-state index contributed by atoms with van der Waals surface area (Å²) in [6.45, 7) is 0. The molecule has 1 aliphatic rings. The molecule has 0 aliphatic carbocycles. The molecular formula is C14H16N2O4S. The standard InChI is InChI=1S/C14H16N2O4S/c17-14(18)12-4-1-5-16-8-11(15-13(12)16)7-10-3-2-6-21(19,20)9-10/h1,4-5,8,10H,2-3,6-7,9H2,(H,17,18). The lowest BCUT2D eigenvalue weighted by Crippen LogP contribution is -2.26. The Morgan fingerprint density at radius 2 is 2.29 bits per heavy atom. The zero-order valence-corrected chi connectivity index (χ0v) is 12.2. The van der Waals surface area contributed by atoms with Crippen LogP contribution in [0.4, 0.5) is 0 Å². The van der Waals surface area contributed by atoms with E-state index in [1.807, 2.05) is 0 Å². The van der Waals surface area contributed by atoms with Crippen LogP contribution >= 0.6 is 0 Å². The van der Waals surface area contributed by atoms with Gasteiger partial charge < -0.3 is 9.51 Å². The van der Waals surface area contributed by atoms with Gasteiger partial charge in [0.05, 0.1) is 17.2 Å². The first-order valence-electron chi connectivity index (χ1n) is 6.85. The van der Waals surface area contributed by atoms with E-state index in [1.54, 1.807) is 22.9 Å². The smallest absolute Gasteiger partial charge is 0.339 e. The van der Waals surface area contributed by atoms with Crippen LogP contribution in [0.15, 0.2) is 24.5 Å². The number of carboxylic acid groups (broad SMARTS) is 1. The molecule has 0 aromatic carbocycles. The van der Waals surface area contributed by atoms with Crippen molar-refractivity contribution >= 4 is 21.5 Å². The lowest BCUT2D eigenvalue weighted by Gasteiger charge is -2.20. The van der Waals surface area contributed by atoms with Crippen LogP contribution in [0, 0.1) is 5.92 Å². The summed E-state index contributed by atoms with van der Waals surface area (Å²) >= 11 is 0. The van der Waals surface area contributed by atoms with Gasteiger partial charge in [0.2, 0.25) is 0 Å². The van der Waals surface area contributed by atoms with Gasteiger partial charge in [-0.05, 0) is 37.3 Å². The van der Waals surface area contributed by atoms with Crippen LogP contribution in [0.1, 0.15) is 28.9 Å². The van der Waals surface area contributed by atoms with Crippen molar-refractivity contribution in [1.82, 2.24) is 9.38 Å². The first-order chi connectivity index (χ1) is 9.94. The number of hydrogen-bond acceptors (Lipinski definition) is 4. The fourth-order valence-electron chi connectivity index (χ4n) is 2.90. The van der Waals surface area contributed by atoms with E-state index < -0.39 is 15.8 Å². The van der Waals surface area contributed by atoms with Gasteiger partial charge in [-0.3, -0.25) is 0 Å². The van der Waals surface area contributed by atoms with Crippen LogP contribution in [-0.4, -0.2) is 40.4 Å². The van der Waals surface area contributed by atoms with Gasteiger partial charge in [-0.25, -0.2) is 18.2 Å². The van der Waals surface area contributed by atoms with Crippen LogP contribution in [0.3, 0.4) is 0 Å². The van der Waals surface area contributed by atoms with Gasteiger partial charge in [-0.2, -0.15) is 0 Å². The lowest BCUT2D eigenvalue weighted by atomic mass is 10.00. The lowest BCUT2D eigenvalue weighted by molar-refractivity contribution is 0.0698. The Morgan fingerprint density at radius 1 is 1.48 bits per heavy atom. The van der Waals surface area contributed by atoms with Crippen LogP contribution < -0.4 is 0 Å². The van der Waals surface area contributed by atoms with Gasteiger partial charge in [-0.15, -0.1) is 0 Å². The predicted molar refractivity (Wildman–Crippen MR) is 77.2 cm³/mol. The van der Waals surface area contributed by atoms with Crippen molar-refractivity contribution in [2.45, 2.75) is 19.3 Å². The molecule has 0 spiro atoms. The second-order valence-electron chi connectivity index (χ2n) is 5.52. The van der Waals surface area contributed by atoms with Gasteiger partial charge in [0.1, 0.15) is 5.56 Å². The van der Waals surface area contributed by atoms with E-state index >= 15 is 0 Å². The van der Waals surface area contributed by atoms with Crippen molar-refractivity contribution in [2.75, 3.05) is 11.5 Å². The maximum Gasteiger partial charge on any atom is 0.339 e. The third kappa shape index (κ3) is 2.92. The van der Waals surface area contributed by atoms with Crippen molar-refractivity contribution in [3.05, 3.63) is 35.8 Å². The SMILES string of the molecule is O=C(O)c1cccn2cc(CC3CCCS(=O)(=O)C3)nc12. The molecule has 0 saturated carbocycles. The van der Waals surface area contributed by atoms with Gasteiger partial charge in [0, 0.05) is 12.4 Å². The second-order valence-corrected chi connectivity index (χ2v) is 7.75. The van der Waals surface area contributed by atoms with E-state index in [0.717, 1.165) is 12.1 Å². The first-order valence-corrected chi connectivity index (χ1v) is 8.67. The molecule has 1 N–H and O–H groups in total. The van der Waals surface area contributed by atoms with Crippen molar-refractivity contribution in [1.29, 1.82) is 0 Å². The number of sulfone groups is 1. The number of aromatic carboxylic acids is 1. The number of carboxylic acids is 1. The summed E-state index contributed by atoms with van der Waals surface area (Å²) in [5.74, 6) is -0.468. The molecule has 1 fully saturated rings. The highest BCUT2D eigenvalue weighted by molar-refractivity contribution is 7.91. The third-order valence-electron chi connectivity index (χ3n) is 3.82. The van der Waals surface area contributed by atoms with E-state index in [4.69, 9.17) is 5.11 Å². The Hall–Kier alpha value is -1.89. The van der Waals surface area contributed by atoms with E-state index in [2.05, 4.69) is 4.98 Å². The topological polar surface area (TPSA) is 88.7 Å². The van der Waals surface area contributed by atoms with E-state index in [-0.39, 0.29) is 23.0 Å². The molecule has 0 amide bonds. The minimum absolute atomic E-state index is 0.0712. The second kappa shape index (κ2) is 5.14. The molecular weight excluding hydrogens is 292 g/mol. The van der Waals surface area contributed by atoms with E-state index in [0.29, 0.717) is 18.5 Å². The Bertz CT molecular complexity index is 794. The van der Waals surface area contributed by atoms with Crippen LogP contribution in [0.2, 0.25) is 0 Å². The highest BCUT2D eigenvalue weighted by Crippen LogP contribution is 2.22. The molecule has 1 unspecified atom stereocenters. The number of fused-ring (bicyclic) bond motifs is 1. The first kappa shape index (κ1) is 14.1. The summed E-state index contributed by atoms with van der Waals surface area (Å²) in [6.07, 6.45) is 5.67. The fraction of sp³-hybridized carbons (Fsp3) is 0.429. The zero-order chi connectivity index (χ0) is 15.0. The molecule has 0 radical (unpaired) electrons. The summed E-state index contributed by atoms with van der Waals surface area (Å²) in [6, 6.07) is 3.17. The fourth-order valence-corrected chi connectivity index (χ4v) is 4.68. The van der Waals surface area contributed by atoms with Crippen molar-refractivity contribution in [3.8, 4) is 0 Å². The Balaban J connectivity index is 1.88. The molecule has 112 valence electrons. The van der Waals surface area contributed by atoms with Gasteiger partial charge in [-0.1, -0.05) is 0 Å². The number of hydrogen-bond donors (Lipinski definition) is 1. The summed E-state index contributed by atoms with van der Waals surface area (Å²) in [4.78, 5) is 15.5. The molecule has 3 rings (SSSR count). The zero-order valence-electron chi connectivity index (χ0n) is 11.4. The third-order valence-corrected chi connectivity index (χ3v) is 5.71. The Kier molecular flexibility index (Phi) is 3.44. The maximum absolute atomic E-state index is 11.7. The number of carbonyl (C=O) groups is 1. The molecule has 2 aromatic heterocycles. The Labute approximate surface area is 122 Å². The number of nitrogens with zero attached hydrogens (tertiary/aromatic N) is 2. The molecule has 3 heterocycles. The van der Waals surface area contributed by atoms with Gasteiger partial charge in [0.15, 0.2) is 15.5 Å². The number of aromatic nitrogens is 2. The van der Waals surface area contributed by atoms with Crippen molar-refractivity contribution in [3.63, 3.8) is 0 Å². The highest BCUT2D eigenvalue weighted by Gasteiger charge is 2.25. The Morgan fingerprint density at radius 3 is 3.00 bits per heavy atom. The molecule has 1 atom stereocenters. The molecule has 1 saturated heterocycles. The molecule has 7 heteroatoms. The minimum atomic E-state index is -2.93. The maximum atomic E-state index is 11.7. The van der Waals surface area contributed by atoms with Crippen molar-refractivity contribution < 1.29 is 18.3 Å². The molecule has 6 nitrogen and oxygen atoms in total. The molecule has 21 heavy (non-hydrogen) atoms. The average molecular weight is 308 g/mol. The summed E-state index contributed by atoms with van der Waals surface area (Å²) in [5, 5.41) is 9.15. The number of pyridine rings is 1.